The fourth-order valence-electron chi connectivity index (χ4n) is 3.42. The van der Waals surface area contributed by atoms with Gasteiger partial charge in [0.25, 0.3) is 5.91 Å². The molecule has 0 atom stereocenters. The highest BCUT2D eigenvalue weighted by molar-refractivity contribution is 7.17. The number of carbonyl (C=O) groups excluding carboxylic acids is 3. The van der Waals surface area contributed by atoms with E-state index in [4.69, 9.17) is 14.2 Å². The Labute approximate surface area is 178 Å². The van der Waals surface area contributed by atoms with Crippen LogP contribution < -0.4 is 14.8 Å². The number of anilines is 1. The molecule has 160 valence electrons. The summed E-state index contributed by atoms with van der Waals surface area (Å²) >= 11 is 1.28. The Morgan fingerprint density at radius 2 is 1.97 bits per heavy atom. The maximum atomic E-state index is 13.0. The van der Waals surface area contributed by atoms with Gasteiger partial charge < -0.3 is 24.4 Å². The zero-order valence-electron chi connectivity index (χ0n) is 17.4. The molecule has 1 aliphatic rings. The zero-order chi connectivity index (χ0) is 21.8. The second-order valence-corrected chi connectivity index (χ2v) is 7.72. The summed E-state index contributed by atoms with van der Waals surface area (Å²) in [6, 6.07) is 5.00. The van der Waals surface area contributed by atoms with Gasteiger partial charge in [-0.3, -0.25) is 9.59 Å². The largest absolute Gasteiger partial charge is 0.493 e. The number of hydrogen-bond acceptors (Lipinski definition) is 7. The van der Waals surface area contributed by atoms with Gasteiger partial charge in [0.15, 0.2) is 11.5 Å². The van der Waals surface area contributed by atoms with Crippen LogP contribution in [0.4, 0.5) is 5.00 Å². The predicted molar refractivity (Wildman–Crippen MR) is 113 cm³/mol. The third-order valence-electron chi connectivity index (χ3n) is 4.86. The van der Waals surface area contributed by atoms with Crippen molar-refractivity contribution in [3.05, 3.63) is 39.8 Å². The van der Waals surface area contributed by atoms with Gasteiger partial charge in [-0.1, -0.05) is 6.07 Å². The topological polar surface area (TPSA) is 94.2 Å². The fraction of sp³-hybridized carbons (Fsp3) is 0.381. The Hall–Kier alpha value is -3.07. The first-order chi connectivity index (χ1) is 14.4. The number of nitrogens with zero attached hydrogens (tertiary/aromatic N) is 1. The van der Waals surface area contributed by atoms with Crippen LogP contribution in [0.25, 0.3) is 0 Å². The molecule has 1 aromatic carbocycles. The molecule has 8 nitrogen and oxygen atoms in total. The quantitative estimate of drug-likeness (QED) is 0.705. The van der Waals surface area contributed by atoms with Crippen molar-refractivity contribution >= 4 is 34.1 Å². The number of benzene rings is 1. The summed E-state index contributed by atoms with van der Waals surface area (Å²) in [4.78, 5) is 40.0. The maximum Gasteiger partial charge on any atom is 0.341 e. The molecular weight excluding hydrogens is 408 g/mol. The number of rotatable bonds is 6. The van der Waals surface area contributed by atoms with Crippen molar-refractivity contribution in [2.45, 2.75) is 26.8 Å². The number of thiophene rings is 1. The minimum absolute atomic E-state index is 0.0292. The van der Waals surface area contributed by atoms with E-state index < -0.39 is 11.9 Å². The van der Waals surface area contributed by atoms with Crippen LogP contribution in [0, 0.1) is 0 Å². The van der Waals surface area contributed by atoms with Crippen LogP contribution in [0.15, 0.2) is 18.2 Å². The summed E-state index contributed by atoms with van der Waals surface area (Å²) in [6.07, 6.45) is 0.526. The van der Waals surface area contributed by atoms with Crippen molar-refractivity contribution in [3.8, 4) is 11.5 Å². The molecule has 0 spiro atoms. The number of nitrogens with one attached hydrogen (secondary N) is 1. The highest BCUT2D eigenvalue weighted by atomic mass is 32.1. The molecule has 0 aliphatic carbocycles. The standard InChI is InChI=1S/C21H24N2O6S/c1-5-29-21(26)17-13-9-10-23(12(2)24)11-16(13)30-20(17)22-19(25)14-7-6-8-15(27-3)18(14)28-4/h6-8H,5,9-11H2,1-4H3,(H,22,25). The van der Waals surface area contributed by atoms with E-state index >= 15 is 0 Å². The monoisotopic (exact) mass is 432 g/mol. The number of hydrogen-bond donors (Lipinski definition) is 1. The molecule has 1 N–H and O–H groups in total. The highest BCUT2D eigenvalue weighted by Crippen LogP contribution is 2.39. The molecule has 9 heteroatoms. The summed E-state index contributed by atoms with van der Waals surface area (Å²) in [7, 11) is 2.95. The smallest absolute Gasteiger partial charge is 0.341 e. The average molecular weight is 432 g/mol. The van der Waals surface area contributed by atoms with Crippen LogP contribution in [-0.4, -0.2) is 50.1 Å². The van der Waals surface area contributed by atoms with Gasteiger partial charge in [0.2, 0.25) is 5.91 Å². The SMILES string of the molecule is CCOC(=O)c1c(NC(=O)c2cccc(OC)c2OC)sc2c1CCN(C(C)=O)C2. The summed E-state index contributed by atoms with van der Waals surface area (Å²) in [5.41, 5.74) is 1.46. The first-order valence-electron chi connectivity index (χ1n) is 9.50. The van der Waals surface area contributed by atoms with Gasteiger partial charge >= 0.3 is 5.97 Å². The molecule has 1 aromatic heterocycles. The minimum atomic E-state index is -0.487. The number of ether oxygens (including phenoxy) is 3. The minimum Gasteiger partial charge on any atom is -0.493 e. The van der Waals surface area contributed by atoms with Gasteiger partial charge in [-0.05, 0) is 31.0 Å². The molecule has 0 saturated carbocycles. The summed E-state index contributed by atoms with van der Waals surface area (Å²) in [6.45, 7) is 4.39. The Bertz CT molecular complexity index is 984. The number of methoxy groups -OCH3 is 2. The molecule has 30 heavy (non-hydrogen) atoms. The zero-order valence-corrected chi connectivity index (χ0v) is 18.2. The van der Waals surface area contributed by atoms with Gasteiger partial charge in [-0.2, -0.15) is 0 Å². The molecule has 0 saturated heterocycles. The molecular formula is C21H24N2O6S. The number of carbonyl (C=O) groups is 3. The lowest BCUT2D eigenvalue weighted by Gasteiger charge is -2.25. The summed E-state index contributed by atoms with van der Waals surface area (Å²) in [5.74, 6) is -0.214. The molecule has 2 heterocycles. The van der Waals surface area contributed by atoms with E-state index in [0.29, 0.717) is 41.6 Å². The van der Waals surface area contributed by atoms with E-state index in [0.717, 1.165) is 10.4 Å². The van der Waals surface area contributed by atoms with Crippen molar-refractivity contribution in [2.24, 2.45) is 0 Å². The van der Waals surface area contributed by atoms with Crippen molar-refractivity contribution in [3.63, 3.8) is 0 Å². The third kappa shape index (κ3) is 4.11. The Balaban J connectivity index is 1.99. The Morgan fingerprint density at radius 3 is 2.60 bits per heavy atom. The lowest BCUT2D eigenvalue weighted by atomic mass is 10.0. The molecule has 1 aliphatic heterocycles. The van der Waals surface area contributed by atoms with Crippen molar-refractivity contribution in [2.75, 3.05) is 32.7 Å². The lowest BCUT2D eigenvalue weighted by Crippen LogP contribution is -2.34. The molecule has 0 bridgehead atoms. The maximum absolute atomic E-state index is 13.0. The van der Waals surface area contributed by atoms with Gasteiger partial charge in [0.1, 0.15) is 5.00 Å². The van der Waals surface area contributed by atoms with E-state index in [1.165, 1.54) is 32.5 Å². The third-order valence-corrected chi connectivity index (χ3v) is 5.99. The van der Waals surface area contributed by atoms with Gasteiger partial charge in [0.05, 0.1) is 38.5 Å². The highest BCUT2D eigenvalue weighted by Gasteiger charge is 2.31. The number of para-hydroxylation sites is 1. The first kappa shape index (κ1) is 21.6. The molecule has 0 fully saturated rings. The average Bonchev–Trinajstić information content (AvgIpc) is 3.09. The predicted octanol–water partition coefficient (Wildman–Crippen LogP) is 3.10. The van der Waals surface area contributed by atoms with Crippen LogP contribution in [0.2, 0.25) is 0 Å². The van der Waals surface area contributed by atoms with E-state index in [-0.39, 0.29) is 18.1 Å². The normalized spacial score (nSPS) is 12.7. The van der Waals surface area contributed by atoms with Gasteiger partial charge in [0, 0.05) is 18.3 Å². The van der Waals surface area contributed by atoms with Crippen LogP contribution in [0.1, 0.15) is 45.0 Å². The lowest BCUT2D eigenvalue weighted by molar-refractivity contribution is -0.129. The second-order valence-electron chi connectivity index (χ2n) is 6.61. The number of fused-ring (bicyclic) bond motifs is 1. The summed E-state index contributed by atoms with van der Waals surface area (Å²) in [5, 5.41) is 3.23. The van der Waals surface area contributed by atoms with Crippen LogP contribution >= 0.6 is 11.3 Å². The molecule has 0 radical (unpaired) electrons. The van der Waals surface area contributed by atoms with E-state index in [1.54, 1.807) is 30.0 Å². The first-order valence-corrected chi connectivity index (χ1v) is 10.3. The van der Waals surface area contributed by atoms with Gasteiger partial charge in [-0.15, -0.1) is 11.3 Å². The van der Waals surface area contributed by atoms with Crippen molar-refractivity contribution in [1.82, 2.24) is 4.90 Å². The Kier molecular flexibility index (Phi) is 6.61. The van der Waals surface area contributed by atoms with E-state index in [1.807, 2.05) is 0 Å². The fourth-order valence-corrected chi connectivity index (χ4v) is 4.66. The van der Waals surface area contributed by atoms with Gasteiger partial charge in [-0.25, -0.2) is 4.79 Å². The van der Waals surface area contributed by atoms with E-state index in [9.17, 15) is 14.4 Å². The molecule has 0 unspecified atom stereocenters. The van der Waals surface area contributed by atoms with Crippen molar-refractivity contribution in [1.29, 1.82) is 0 Å². The number of amides is 2. The number of esters is 1. The second kappa shape index (κ2) is 9.17. The Morgan fingerprint density at radius 1 is 1.20 bits per heavy atom. The van der Waals surface area contributed by atoms with Crippen LogP contribution in [0.3, 0.4) is 0 Å². The molecule has 2 amide bonds. The van der Waals surface area contributed by atoms with Crippen LogP contribution in [0.5, 0.6) is 11.5 Å². The van der Waals surface area contributed by atoms with E-state index in [2.05, 4.69) is 5.32 Å². The summed E-state index contributed by atoms with van der Waals surface area (Å²) < 4.78 is 15.8. The molecule has 2 aromatic rings. The molecule has 3 rings (SSSR count). The van der Waals surface area contributed by atoms with Crippen LogP contribution in [-0.2, 0) is 22.5 Å². The van der Waals surface area contributed by atoms with Crippen molar-refractivity contribution < 1.29 is 28.6 Å².